The number of carbonyl (C=O) groups is 1. The van der Waals surface area contributed by atoms with Gasteiger partial charge in [-0.25, -0.2) is 0 Å². The van der Waals surface area contributed by atoms with Crippen molar-refractivity contribution in [2.45, 2.75) is 39.2 Å². The summed E-state index contributed by atoms with van der Waals surface area (Å²) in [5, 5.41) is 26.1. The minimum atomic E-state index is -0.475. The summed E-state index contributed by atoms with van der Waals surface area (Å²) in [5.41, 5.74) is 0.399. The van der Waals surface area contributed by atoms with Crippen LogP contribution in [0.15, 0.2) is 18.2 Å². The van der Waals surface area contributed by atoms with Crippen LogP contribution in [0.1, 0.15) is 43.5 Å². The second-order valence-electron chi connectivity index (χ2n) is 6.73. The fourth-order valence-electron chi connectivity index (χ4n) is 2.21. The van der Waals surface area contributed by atoms with Crippen LogP contribution in [0, 0.1) is 15.5 Å². The number of rotatable bonds is 8. The maximum absolute atomic E-state index is 12.2. The lowest BCUT2D eigenvalue weighted by atomic mass is 9.89. The number of aliphatic hydroxyl groups is 1. The van der Waals surface area contributed by atoms with E-state index in [1.54, 1.807) is 12.1 Å². The number of nitro groups is 1. The van der Waals surface area contributed by atoms with Gasteiger partial charge >= 0.3 is 0 Å². The Labute approximate surface area is 135 Å². The number of aliphatic hydroxyl groups excluding tert-OH is 1. The average Bonchev–Trinajstić information content (AvgIpc) is 3.29. The van der Waals surface area contributed by atoms with Crippen molar-refractivity contribution in [3.63, 3.8) is 0 Å². The van der Waals surface area contributed by atoms with Gasteiger partial charge in [-0.2, -0.15) is 0 Å². The number of carbonyl (C=O) groups excluding carboxylic acids is 1. The molecule has 0 bridgehead atoms. The van der Waals surface area contributed by atoms with E-state index in [1.807, 2.05) is 13.8 Å². The van der Waals surface area contributed by atoms with Crippen molar-refractivity contribution in [3.8, 4) is 0 Å². The Morgan fingerprint density at radius 3 is 2.70 bits per heavy atom. The molecule has 0 unspecified atom stereocenters. The number of anilines is 1. The first-order valence-corrected chi connectivity index (χ1v) is 7.76. The summed E-state index contributed by atoms with van der Waals surface area (Å²) in [6.45, 7) is 4.32. The summed E-state index contributed by atoms with van der Waals surface area (Å²) in [6, 6.07) is 4.78. The maximum Gasteiger partial charge on any atom is 0.293 e. The lowest BCUT2D eigenvalue weighted by Crippen LogP contribution is -2.34. The molecular weight excluding hydrogens is 298 g/mol. The predicted molar refractivity (Wildman–Crippen MR) is 87.6 cm³/mol. The van der Waals surface area contributed by atoms with Gasteiger partial charge < -0.3 is 15.7 Å². The molecule has 1 aromatic rings. The summed E-state index contributed by atoms with van der Waals surface area (Å²) >= 11 is 0. The molecule has 2 rings (SSSR count). The monoisotopic (exact) mass is 321 g/mol. The second kappa shape index (κ2) is 6.95. The van der Waals surface area contributed by atoms with E-state index in [-0.39, 0.29) is 29.2 Å². The molecule has 0 heterocycles. The molecule has 3 N–H and O–H groups in total. The first kappa shape index (κ1) is 17.2. The van der Waals surface area contributed by atoms with Crippen molar-refractivity contribution in [3.05, 3.63) is 33.9 Å². The number of benzene rings is 1. The van der Waals surface area contributed by atoms with Gasteiger partial charge in [-0.3, -0.25) is 14.9 Å². The Kier molecular flexibility index (Phi) is 5.20. The minimum Gasteiger partial charge on any atom is -0.396 e. The summed E-state index contributed by atoms with van der Waals surface area (Å²) in [7, 11) is 0. The van der Waals surface area contributed by atoms with Crippen molar-refractivity contribution in [2.24, 2.45) is 5.41 Å². The molecule has 0 radical (unpaired) electrons. The third-order valence-corrected chi connectivity index (χ3v) is 3.91. The fourth-order valence-corrected chi connectivity index (χ4v) is 2.21. The highest BCUT2D eigenvalue weighted by Crippen LogP contribution is 2.31. The highest BCUT2D eigenvalue weighted by atomic mass is 16.6. The summed E-state index contributed by atoms with van der Waals surface area (Å²) in [6.07, 6.45) is 2.59. The first-order chi connectivity index (χ1) is 10.8. The molecular formula is C16H23N3O4. The van der Waals surface area contributed by atoms with Crippen LogP contribution in [0.3, 0.4) is 0 Å². The molecule has 23 heavy (non-hydrogen) atoms. The number of nitrogens with one attached hydrogen (secondary N) is 2. The Hall–Kier alpha value is -2.15. The van der Waals surface area contributed by atoms with Crippen LogP contribution in [0.4, 0.5) is 11.4 Å². The average molecular weight is 321 g/mol. The molecule has 1 aromatic carbocycles. The predicted octanol–water partition coefficient (Wildman–Crippen LogP) is 2.31. The highest BCUT2D eigenvalue weighted by molar-refractivity contribution is 5.95. The van der Waals surface area contributed by atoms with E-state index in [1.165, 1.54) is 6.07 Å². The van der Waals surface area contributed by atoms with Crippen LogP contribution >= 0.6 is 0 Å². The maximum atomic E-state index is 12.2. The van der Waals surface area contributed by atoms with Crippen molar-refractivity contribution in [1.29, 1.82) is 0 Å². The van der Waals surface area contributed by atoms with Crippen LogP contribution in [0.25, 0.3) is 0 Å². The van der Waals surface area contributed by atoms with E-state index in [2.05, 4.69) is 10.6 Å². The zero-order valence-corrected chi connectivity index (χ0v) is 13.5. The van der Waals surface area contributed by atoms with Gasteiger partial charge in [0.1, 0.15) is 5.69 Å². The largest absolute Gasteiger partial charge is 0.396 e. The quantitative estimate of drug-likeness (QED) is 0.503. The summed E-state index contributed by atoms with van der Waals surface area (Å²) in [4.78, 5) is 22.9. The molecule has 0 atom stereocenters. The number of amides is 1. The van der Waals surface area contributed by atoms with E-state index in [4.69, 9.17) is 5.11 Å². The molecule has 0 saturated heterocycles. The van der Waals surface area contributed by atoms with Gasteiger partial charge in [-0.1, -0.05) is 13.8 Å². The van der Waals surface area contributed by atoms with Gasteiger partial charge in [-0.05, 0) is 36.8 Å². The third-order valence-electron chi connectivity index (χ3n) is 3.91. The molecule has 126 valence electrons. The van der Waals surface area contributed by atoms with Gasteiger partial charge in [-0.15, -0.1) is 0 Å². The van der Waals surface area contributed by atoms with Crippen molar-refractivity contribution in [1.82, 2.24) is 5.32 Å². The first-order valence-electron chi connectivity index (χ1n) is 7.76. The standard InChI is InChI=1S/C16H23N3O4/c1-16(2,7-8-20)10-17-15(21)11-3-6-13(18-12-4-5-12)14(9-11)19(22)23/h3,6,9,12,18,20H,4-5,7-8,10H2,1-2H3,(H,17,21). The van der Waals surface area contributed by atoms with Crippen LogP contribution in [-0.2, 0) is 0 Å². The number of hydrogen-bond donors (Lipinski definition) is 3. The molecule has 0 aliphatic heterocycles. The van der Waals surface area contributed by atoms with Gasteiger partial charge in [0.15, 0.2) is 0 Å². The molecule has 1 saturated carbocycles. The zero-order valence-electron chi connectivity index (χ0n) is 13.5. The van der Waals surface area contributed by atoms with Crippen LogP contribution in [-0.4, -0.2) is 35.1 Å². The van der Waals surface area contributed by atoms with Gasteiger partial charge in [0, 0.05) is 30.8 Å². The van der Waals surface area contributed by atoms with Crippen LogP contribution < -0.4 is 10.6 Å². The van der Waals surface area contributed by atoms with E-state index in [9.17, 15) is 14.9 Å². The Bertz CT molecular complexity index is 597. The van der Waals surface area contributed by atoms with E-state index >= 15 is 0 Å². The molecule has 0 aromatic heterocycles. The number of nitrogens with zero attached hydrogens (tertiary/aromatic N) is 1. The molecule has 1 amide bonds. The molecule has 0 spiro atoms. The smallest absolute Gasteiger partial charge is 0.293 e. The normalized spacial score (nSPS) is 14.4. The molecule has 7 heteroatoms. The van der Waals surface area contributed by atoms with Gasteiger partial charge in [0.2, 0.25) is 0 Å². The van der Waals surface area contributed by atoms with Crippen molar-refractivity contribution >= 4 is 17.3 Å². The minimum absolute atomic E-state index is 0.0515. The zero-order chi connectivity index (χ0) is 17.0. The molecule has 1 fully saturated rings. The summed E-state index contributed by atoms with van der Waals surface area (Å²) < 4.78 is 0. The van der Waals surface area contributed by atoms with Crippen molar-refractivity contribution in [2.75, 3.05) is 18.5 Å². The SMILES string of the molecule is CC(C)(CCO)CNC(=O)c1ccc(NC2CC2)c([N+](=O)[O-])c1. The number of hydrogen-bond acceptors (Lipinski definition) is 5. The van der Waals surface area contributed by atoms with E-state index in [0.29, 0.717) is 24.7 Å². The van der Waals surface area contributed by atoms with Crippen LogP contribution in [0.5, 0.6) is 0 Å². The van der Waals surface area contributed by atoms with Crippen molar-refractivity contribution < 1.29 is 14.8 Å². The Morgan fingerprint density at radius 2 is 2.13 bits per heavy atom. The third kappa shape index (κ3) is 4.92. The Balaban J connectivity index is 2.08. The molecule has 7 nitrogen and oxygen atoms in total. The number of nitro benzene ring substituents is 1. The lowest BCUT2D eigenvalue weighted by molar-refractivity contribution is -0.384. The lowest BCUT2D eigenvalue weighted by Gasteiger charge is -2.23. The fraction of sp³-hybridized carbons (Fsp3) is 0.562. The molecule has 1 aliphatic rings. The van der Waals surface area contributed by atoms with Gasteiger partial charge in [0.05, 0.1) is 4.92 Å². The molecule has 1 aliphatic carbocycles. The topological polar surface area (TPSA) is 104 Å². The summed E-state index contributed by atoms with van der Waals surface area (Å²) in [5.74, 6) is -0.350. The Morgan fingerprint density at radius 1 is 1.43 bits per heavy atom. The van der Waals surface area contributed by atoms with Gasteiger partial charge in [0.25, 0.3) is 11.6 Å². The van der Waals surface area contributed by atoms with E-state index < -0.39 is 4.92 Å². The second-order valence-corrected chi connectivity index (χ2v) is 6.73. The highest BCUT2D eigenvalue weighted by Gasteiger charge is 2.26. The van der Waals surface area contributed by atoms with Crippen LogP contribution in [0.2, 0.25) is 0 Å². The van der Waals surface area contributed by atoms with E-state index in [0.717, 1.165) is 12.8 Å².